The topological polar surface area (TPSA) is 78.5 Å². The fraction of sp³-hybridized carbons (Fsp3) is 0.211. The van der Waals surface area contributed by atoms with Crippen LogP contribution in [0.2, 0.25) is 0 Å². The molecule has 0 radical (unpaired) electrons. The summed E-state index contributed by atoms with van der Waals surface area (Å²) in [6, 6.07) is 9.90. The maximum atomic E-state index is 14.5. The maximum absolute atomic E-state index is 14.5. The lowest BCUT2D eigenvalue weighted by Gasteiger charge is -2.14. The maximum Gasteiger partial charge on any atom is 0.266 e. The number of aromatic nitrogens is 6. The molecule has 0 atom stereocenters. The molecule has 0 N–H and O–H groups in total. The molecule has 0 bridgehead atoms. The number of hydrogen-bond donors (Lipinski definition) is 0. The van der Waals surface area contributed by atoms with Gasteiger partial charge in [0.15, 0.2) is 11.0 Å². The van der Waals surface area contributed by atoms with Gasteiger partial charge in [0.05, 0.1) is 22.3 Å². The van der Waals surface area contributed by atoms with Crippen LogP contribution in [0.25, 0.3) is 16.6 Å². The zero-order chi connectivity index (χ0) is 20.4. The summed E-state index contributed by atoms with van der Waals surface area (Å²) in [6.45, 7) is 2.67. The Morgan fingerprint density at radius 1 is 1.14 bits per heavy atom. The van der Waals surface area contributed by atoms with Crippen LogP contribution in [0.3, 0.4) is 0 Å². The van der Waals surface area contributed by atoms with Gasteiger partial charge in [-0.15, -0.1) is 5.10 Å². The minimum Gasteiger partial charge on any atom is -0.268 e. The van der Waals surface area contributed by atoms with Crippen molar-refractivity contribution in [2.45, 2.75) is 30.8 Å². The zero-order valence-corrected chi connectivity index (χ0v) is 16.2. The standard InChI is InChI=1S/C19H16F2N6OS/c1-2-9-26-17(23-24-25-26)11-29-19-22-15-6-4-3-5-13(15)18(28)27(19)16-8-7-12(20)10-14(16)21/h3-8,10H,2,9,11H2,1H3. The van der Waals surface area contributed by atoms with Gasteiger partial charge in [-0.25, -0.2) is 18.4 Å². The molecule has 7 nitrogen and oxygen atoms in total. The smallest absolute Gasteiger partial charge is 0.266 e. The van der Waals surface area contributed by atoms with Crippen molar-refractivity contribution >= 4 is 22.7 Å². The summed E-state index contributed by atoms with van der Waals surface area (Å²) >= 11 is 1.21. The largest absolute Gasteiger partial charge is 0.268 e. The van der Waals surface area contributed by atoms with Crippen molar-refractivity contribution in [1.82, 2.24) is 29.8 Å². The van der Waals surface area contributed by atoms with Crippen molar-refractivity contribution < 1.29 is 8.78 Å². The molecule has 0 aliphatic carbocycles. The molecular weight excluding hydrogens is 398 g/mol. The molecule has 2 heterocycles. The van der Waals surface area contributed by atoms with Gasteiger partial charge >= 0.3 is 0 Å². The molecule has 2 aromatic carbocycles. The molecule has 0 saturated heterocycles. The molecule has 0 unspecified atom stereocenters. The molecule has 0 saturated carbocycles. The molecule has 29 heavy (non-hydrogen) atoms. The van der Waals surface area contributed by atoms with E-state index in [2.05, 4.69) is 20.5 Å². The van der Waals surface area contributed by atoms with Gasteiger partial charge in [0.2, 0.25) is 0 Å². The Labute approximate surface area is 168 Å². The molecule has 0 aliphatic heterocycles. The quantitative estimate of drug-likeness (QED) is 0.356. The van der Waals surface area contributed by atoms with E-state index in [0.717, 1.165) is 23.1 Å². The fourth-order valence-electron chi connectivity index (χ4n) is 2.93. The first-order valence-corrected chi connectivity index (χ1v) is 9.92. The molecule has 148 valence electrons. The van der Waals surface area contributed by atoms with Gasteiger partial charge in [-0.1, -0.05) is 30.8 Å². The summed E-state index contributed by atoms with van der Waals surface area (Å²) in [4.78, 5) is 17.7. The van der Waals surface area contributed by atoms with E-state index >= 15 is 0 Å². The molecule has 0 aliphatic rings. The number of aryl methyl sites for hydroxylation is 1. The van der Waals surface area contributed by atoms with Gasteiger partial charge in [0, 0.05) is 12.6 Å². The normalized spacial score (nSPS) is 11.3. The van der Waals surface area contributed by atoms with Crippen molar-refractivity contribution in [2.24, 2.45) is 0 Å². The van der Waals surface area contributed by atoms with Crippen LogP contribution in [0.1, 0.15) is 19.2 Å². The average Bonchev–Trinajstić information content (AvgIpc) is 3.15. The van der Waals surface area contributed by atoms with E-state index in [9.17, 15) is 13.6 Å². The Morgan fingerprint density at radius 3 is 2.76 bits per heavy atom. The van der Waals surface area contributed by atoms with E-state index in [0.29, 0.717) is 29.0 Å². The van der Waals surface area contributed by atoms with E-state index in [-0.39, 0.29) is 10.8 Å². The van der Waals surface area contributed by atoms with Gasteiger partial charge < -0.3 is 0 Å². The summed E-state index contributed by atoms with van der Waals surface area (Å²) in [7, 11) is 0. The number of nitrogens with zero attached hydrogens (tertiary/aromatic N) is 6. The summed E-state index contributed by atoms with van der Waals surface area (Å²) in [5.74, 6) is -0.617. The van der Waals surface area contributed by atoms with E-state index in [1.54, 1.807) is 28.9 Å². The molecule has 10 heteroatoms. The SMILES string of the molecule is CCCn1nnnc1CSc1nc2ccccc2c(=O)n1-c1ccc(F)cc1F. The van der Waals surface area contributed by atoms with E-state index in [1.165, 1.54) is 17.8 Å². The summed E-state index contributed by atoms with van der Waals surface area (Å²) < 4.78 is 30.7. The van der Waals surface area contributed by atoms with Gasteiger partial charge in [-0.05, 0) is 41.1 Å². The molecule has 4 rings (SSSR count). The van der Waals surface area contributed by atoms with Crippen molar-refractivity contribution in [3.8, 4) is 5.69 Å². The molecule has 0 amide bonds. The third kappa shape index (κ3) is 3.75. The van der Waals surface area contributed by atoms with Crippen LogP contribution in [-0.4, -0.2) is 29.8 Å². The molecular formula is C19H16F2N6OS. The number of fused-ring (bicyclic) bond motifs is 1. The Hall–Kier alpha value is -3.14. The van der Waals surface area contributed by atoms with Crippen molar-refractivity contribution in [2.75, 3.05) is 0 Å². The van der Waals surface area contributed by atoms with Crippen LogP contribution < -0.4 is 5.56 Å². The van der Waals surface area contributed by atoms with Crippen LogP contribution in [0.5, 0.6) is 0 Å². The Bertz CT molecular complexity index is 1240. The molecule has 2 aromatic heterocycles. The lowest BCUT2D eigenvalue weighted by atomic mass is 10.2. The van der Waals surface area contributed by atoms with E-state index in [4.69, 9.17) is 0 Å². The monoisotopic (exact) mass is 414 g/mol. The second kappa shape index (κ2) is 8.08. The highest BCUT2D eigenvalue weighted by molar-refractivity contribution is 7.98. The second-order valence-electron chi connectivity index (χ2n) is 6.25. The third-order valence-corrected chi connectivity index (χ3v) is 5.20. The van der Waals surface area contributed by atoms with Crippen LogP contribution in [0, 0.1) is 11.6 Å². The van der Waals surface area contributed by atoms with Gasteiger partial charge in [0.25, 0.3) is 5.56 Å². The van der Waals surface area contributed by atoms with Crippen molar-refractivity contribution in [3.63, 3.8) is 0 Å². The first-order valence-electron chi connectivity index (χ1n) is 8.93. The Balaban J connectivity index is 1.83. The lowest BCUT2D eigenvalue weighted by molar-refractivity contribution is 0.564. The number of tetrazole rings is 1. The predicted molar refractivity (Wildman–Crippen MR) is 105 cm³/mol. The number of rotatable bonds is 6. The first-order chi connectivity index (χ1) is 14.1. The zero-order valence-electron chi connectivity index (χ0n) is 15.4. The predicted octanol–water partition coefficient (Wildman–Crippen LogP) is 3.35. The highest BCUT2D eigenvalue weighted by Crippen LogP contribution is 2.25. The summed E-state index contributed by atoms with van der Waals surface area (Å²) in [6.07, 6.45) is 0.864. The summed E-state index contributed by atoms with van der Waals surface area (Å²) in [5, 5.41) is 12.2. The van der Waals surface area contributed by atoms with Crippen molar-refractivity contribution in [3.05, 3.63) is 70.3 Å². The van der Waals surface area contributed by atoms with Gasteiger partial charge in [0.1, 0.15) is 11.6 Å². The fourth-order valence-corrected chi connectivity index (χ4v) is 3.86. The Kier molecular flexibility index (Phi) is 5.34. The Morgan fingerprint density at radius 2 is 1.97 bits per heavy atom. The van der Waals surface area contributed by atoms with E-state index < -0.39 is 17.2 Å². The average molecular weight is 414 g/mol. The van der Waals surface area contributed by atoms with Gasteiger partial charge in [-0.3, -0.25) is 9.36 Å². The molecule has 0 spiro atoms. The minimum atomic E-state index is -0.846. The number of thioether (sulfide) groups is 1. The summed E-state index contributed by atoms with van der Waals surface area (Å²) in [5.41, 5.74) is -0.00557. The third-order valence-electron chi connectivity index (χ3n) is 4.27. The lowest BCUT2D eigenvalue weighted by Crippen LogP contribution is -2.23. The van der Waals surface area contributed by atoms with Gasteiger partial charge in [-0.2, -0.15) is 0 Å². The first kappa shape index (κ1) is 19.2. The highest BCUT2D eigenvalue weighted by Gasteiger charge is 2.18. The number of benzene rings is 2. The number of hydrogen-bond acceptors (Lipinski definition) is 6. The molecule has 0 fully saturated rings. The van der Waals surface area contributed by atoms with E-state index in [1.807, 2.05) is 6.92 Å². The number of para-hydroxylation sites is 1. The van der Waals surface area contributed by atoms with Crippen molar-refractivity contribution in [1.29, 1.82) is 0 Å². The van der Waals surface area contributed by atoms with Crippen LogP contribution >= 0.6 is 11.8 Å². The van der Waals surface area contributed by atoms with Crippen LogP contribution in [0.4, 0.5) is 8.78 Å². The second-order valence-corrected chi connectivity index (χ2v) is 7.20. The van der Waals surface area contributed by atoms with Crippen LogP contribution in [0.15, 0.2) is 52.4 Å². The van der Waals surface area contributed by atoms with Crippen LogP contribution in [-0.2, 0) is 12.3 Å². The molecule has 4 aromatic rings. The number of halogens is 2. The highest BCUT2D eigenvalue weighted by atomic mass is 32.2. The minimum absolute atomic E-state index is 0.0645.